The van der Waals surface area contributed by atoms with Crippen LogP contribution in [-0.4, -0.2) is 10.9 Å². The minimum absolute atomic E-state index is 0.0868. The average Bonchev–Trinajstić information content (AvgIpc) is 2.97. The van der Waals surface area contributed by atoms with Crippen molar-refractivity contribution < 1.29 is 4.79 Å². The number of carbonyl (C=O) groups is 1. The van der Waals surface area contributed by atoms with E-state index in [2.05, 4.69) is 15.6 Å². The lowest BCUT2D eigenvalue weighted by molar-refractivity contribution is -0.112. The van der Waals surface area contributed by atoms with Gasteiger partial charge in [0.2, 0.25) is 0 Å². The molecule has 1 amide bonds. The van der Waals surface area contributed by atoms with Gasteiger partial charge in [-0.05, 0) is 18.2 Å². The van der Waals surface area contributed by atoms with Gasteiger partial charge in [0, 0.05) is 23.5 Å². The number of nitrogens with zero attached hydrogens (tertiary/aromatic N) is 2. The maximum Gasteiger partial charge on any atom is 0.267 e. The van der Waals surface area contributed by atoms with Crippen molar-refractivity contribution in [3.8, 4) is 6.07 Å². The summed E-state index contributed by atoms with van der Waals surface area (Å²) >= 11 is 13.0. The number of nitrogens with one attached hydrogen (secondary N) is 2. The van der Waals surface area contributed by atoms with Crippen molar-refractivity contribution in [1.29, 1.82) is 5.26 Å². The summed E-state index contributed by atoms with van der Waals surface area (Å²) in [7, 11) is 0. The lowest BCUT2D eigenvalue weighted by Crippen LogP contribution is -2.14. The van der Waals surface area contributed by atoms with E-state index in [1.807, 2.05) is 6.07 Å². The number of anilines is 2. The average molecular weight is 339 g/mol. The van der Waals surface area contributed by atoms with Gasteiger partial charge >= 0.3 is 0 Å². The lowest BCUT2D eigenvalue weighted by atomic mass is 10.2. The van der Waals surface area contributed by atoms with Crippen molar-refractivity contribution >= 4 is 51.3 Å². The standard InChI is InChI=1S/C13H8Cl2N4OS/c14-10-2-1-9(5-11(10)15)19-12(20)8(6-16)7-18-13-17-3-4-21-13/h1-5,7H,(H,17,18)(H,19,20)/b8-7-. The summed E-state index contributed by atoms with van der Waals surface area (Å²) in [6, 6.07) is 6.47. The summed E-state index contributed by atoms with van der Waals surface area (Å²) in [5.41, 5.74) is 0.362. The number of amides is 1. The molecular weight excluding hydrogens is 331 g/mol. The highest BCUT2D eigenvalue weighted by Crippen LogP contribution is 2.25. The van der Waals surface area contributed by atoms with Crippen LogP contribution in [0.2, 0.25) is 10.0 Å². The molecule has 0 unspecified atom stereocenters. The first-order chi connectivity index (χ1) is 10.1. The van der Waals surface area contributed by atoms with Crippen LogP contribution in [0.15, 0.2) is 41.5 Å². The first-order valence-corrected chi connectivity index (χ1v) is 7.26. The second kappa shape index (κ2) is 7.09. The van der Waals surface area contributed by atoms with Crippen molar-refractivity contribution in [2.45, 2.75) is 0 Å². The molecular formula is C13H8Cl2N4OS. The van der Waals surface area contributed by atoms with Crippen LogP contribution in [-0.2, 0) is 4.79 Å². The molecule has 1 aromatic carbocycles. The molecule has 0 spiro atoms. The van der Waals surface area contributed by atoms with Crippen LogP contribution < -0.4 is 10.6 Å². The normalized spacial score (nSPS) is 10.8. The highest BCUT2D eigenvalue weighted by molar-refractivity contribution is 7.13. The van der Waals surface area contributed by atoms with Crippen molar-refractivity contribution in [2.24, 2.45) is 0 Å². The number of benzene rings is 1. The van der Waals surface area contributed by atoms with Crippen molar-refractivity contribution in [3.63, 3.8) is 0 Å². The second-order valence-corrected chi connectivity index (χ2v) is 5.44. The quantitative estimate of drug-likeness (QED) is 0.654. The van der Waals surface area contributed by atoms with Crippen molar-refractivity contribution in [1.82, 2.24) is 4.98 Å². The molecule has 1 heterocycles. The fourth-order valence-corrected chi connectivity index (χ4v) is 2.15. The summed E-state index contributed by atoms with van der Waals surface area (Å²) in [4.78, 5) is 15.9. The van der Waals surface area contributed by atoms with E-state index in [1.165, 1.54) is 23.6 Å². The molecule has 0 saturated heterocycles. The van der Waals surface area contributed by atoms with Crippen LogP contribution in [0.4, 0.5) is 10.8 Å². The molecule has 2 rings (SSSR count). The molecule has 0 aliphatic carbocycles. The summed E-state index contributed by atoms with van der Waals surface area (Å²) in [6.45, 7) is 0. The van der Waals surface area contributed by atoms with Gasteiger partial charge in [0.1, 0.15) is 11.6 Å². The van der Waals surface area contributed by atoms with Gasteiger partial charge in [-0.3, -0.25) is 4.79 Å². The Morgan fingerprint density at radius 1 is 1.38 bits per heavy atom. The van der Waals surface area contributed by atoms with Crippen LogP contribution in [0.25, 0.3) is 0 Å². The summed E-state index contributed by atoms with van der Waals surface area (Å²) in [6.07, 6.45) is 2.91. The molecule has 8 heteroatoms. The number of hydrogen-bond acceptors (Lipinski definition) is 5. The summed E-state index contributed by atoms with van der Waals surface area (Å²) < 4.78 is 0. The molecule has 1 aromatic heterocycles. The van der Waals surface area contributed by atoms with E-state index in [4.69, 9.17) is 28.5 Å². The number of rotatable bonds is 4. The third-order valence-electron chi connectivity index (χ3n) is 2.31. The zero-order chi connectivity index (χ0) is 15.2. The molecule has 0 saturated carbocycles. The number of halogens is 2. The molecule has 0 aliphatic heterocycles. The maximum absolute atomic E-state index is 12.0. The third kappa shape index (κ3) is 4.20. The maximum atomic E-state index is 12.0. The highest BCUT2D eigenvalue weighted by atomic mass is 35.5. The van der Waals surface area contributed by atoms with E-state index in [9.17, 15) is 4.79 Å². The molecule has 0 bridgehead atoms. The Kier molecular flexibility index (Phi) is 5.17. The zero-order valence-corrected chi connectivity index (χ0v) is 12.8. The highest BCUT2D eigenvalue weighted by Gasteiger charge is 2.10. The number of nitriles is 1. The lowest BCUT2D eigenvalue weighted by Gasteiger charge is -2.05. The van der Waals surface area contributed by atoms with Gasteiger partial charge in [0.25, 0.3) is 5.91 Å². The molecule has 0 fully saturated rings. The minimum atomic E-state index is -0.556. The fourth-order valence-electron chi connectivity index (χ4n) is 1.35. The van der Waals surface area contributed by atoms with Crippen LogP contribution in [0, 0.1) is 11.3 Å². The van der Waals surface area contributed by atoms with E-state index in [0.29, 0.717) is 20.9 Å². The van der Waals surface area contributed by atoms with Gasteiger partial charge in [0.15, 0.2) is 5.13 Å². The van der Waals surface area contributed by atoms with Gasteiger partial charge in [-0.2, -0.15) is 5.26 Å². The van der Waals surface area contributed by atoms with Gasteiger partial charge in [-0.25, -0.2) is 4.98 Å². The number of hydrogen-bond donors (Lipinski definition) is 2. The molecule has 2 aromatic rings. The largest absolute Gasteiger partial charge is 0.337 e. The number of thiazole rings is 1. The Bertz CT molecular complexity index is 722. The van der Waals surface area contributed by atoms with Gasteiger partial charge in [0.05, 0.1) is 10.0 Å². The number of carbonyl (C=O) groups excluding carboxylic acids is 1. The Morgan fingerprint density at radius 2 is 2.19 bits per heavy atom. The summed E-state index contributed by atoms with van der Waals surface area (Å²) in [5, 5.41) is 17.4. The van der Waals surface area contributed by atoms with E-state index in [0.717, 1.165) is 0 Å². The Morgan fingerprint density at radius 3 is 2.81 bits per heavy atom. The van der Waals surface area contributed by atoms with E-state index < -0.39 is 5.91 Å². The Labute approximate surface area is 134 Å². The molecule has 106 valence electrons. The van der Waals surface area contributed by atoms with Crippen LogP contribution >= 0.6 is 34.5 Å². The molecule has 5 nitrogen and oxygen atoms in total. The predicted octanol–water partition coefficient (Wildman–Crippen LogP) is 3.91. The summed E-state index contributed by atoms with van der Waals surface area (Å²) in [5.74, 6) is -0.556. The van der Waals surface area contributed by atoms with Gasteiger partial charge < -0.3 is 10.6 Å². The molecule has 0 radical (unpaired) electrons. The van der Waals surface area contributed by atoms with E-state index in [-0.39, 0.29) is 5.57 Å². The van der Waals surface area contributed by atoms with Crippen LogP contribution in [0.3, 0.4) is 0 Å². The van der Waals surface area contributed by atoms with Gasteiger partial charge in [-0.1, -0.05) is 23.2 Å². The molecule has 2 N–H and O–H groups in total. The first kappa shape index (κ1) is 15.3. The number of aromatic nitrogens is 1. The van der Waals surface area contributed by atoms with Gasteiger partial charge in [-0.15, -0.1) is 11.3 Å². The predicted molar refractivity (Wildman–Crippen MR) is 84.5 cm³/mol. The third-order valence-corrected chi connectivity index (χ3v) is 3.76. The van der Waals surface area contributed by atoms with Crippen molar-refractivity contribution in [2.75, 3.05) is 10.6 Å². The Hall–Kier alpha value is -2.07. The zero-order valence-electron chi connectivity index (χ0n) is 10.4. The smallest absolute Gasteiger partial charge is 0.267 e. The van der Waals surface area contributed by atoms with Crippen LogP contribution in [0.5, 0.6) is 0 Å². The van der Waals surface area contributed by atoms with Crippen molar-refractivity contribution in [3.05, 3.63) is 51.6 Å². The molecule has 0 aliphatic rings. The fraction of sp³-hybridized carbons (Fsp3) is 0. The Balaban J connectivity index is 2.08. The molecule has 0 atom stereocenters. The minimum Gasteiger partial charge on any atom is -0.337 e. The SMILES string of the molecule is N#C/C(=C/Nc1nccs1)C(=O)Nc1ccc(Cl)c(Cl)c1. The van der Waals surface area contributed by atoms with E-state index >= 15 is 0 Å². The monoisotopic (exact) mass is 338 g/mol. The first-order valence-electron chi connectivity index (χ1n) is 5.63. The van der Waals surface area contributed by atoms with Crippen LogP contribution in [0.1, 0.15) is 0 Å². The topological polar surface area (TPSA) is 77.8 Å². The van der Waals surface area contributed by atoms with E-state index in [1.54, 1.807) is 23.7 Å². The second-order valence-electron chi connectivity index (χ2n) is 3.73. The molecule has 21 heavy (non-hydrogen) atoms.